The average Bonchev–Trinajstić information content (AvgIpc) is 3.56. The van der Waals surface area contributed by atoms with Crippen LogP contribution < -0.4 is 15.4 Å². The number of carbonyl (C=O) groups excluding carboxylic acids is 3. The summed E-state index contributed by atoms with van der Waals surface area (Å²) in [5.41, 5.74) is 1.04. The second-order valence-corrected chi connectivity index (χ2v) is 8.02. The normalized spacial score (nSPS) is 26.3. The third kappa shape index (κ3) is 4.22. The summed E-state index contributed by atoms with van der Waals surface area (Å²) in [4.78, 5) is 38.6. The number of hydrogen-bond donors (Lipinski definition) is 2. The highest BCUT2D eigenvalue weighted by molar-refractivity contribution is 6.00. The summed E-state index contributed by atoms with van der Waals surface area (Å²) in [5.74, 6) is 0.345. The number of amides is 3. The number of fused-ring (bicyclic) bond motifs is 2. The van der Waals surface area contributed by atoms with Crippen LogP contribution in [0.4, 0.5) is 5.69 Å². The fraction of sp³-hybridized carbons (Fsp3) is 0.571. The quantitative estimate of drug-likeness (QED) is 0.798. The van der Waals surface area contributed by atoms with Gasteiger partial charge in [-0.05, 0) is 43.9 Å². The lowest BCUT2D eigenvalue weighted by Crippen LogP contribution is -2.53. The Morgan fingerprint density at radius 1 is 1.21 bits per heavy atom. The number of ether oxygens (including phenoxy) is 2. The molecule has 156 valence electrons. The molecule has 1 saturated heterocycles. The summed E-state index contributed by atoms with van der Waals surface area (Å²) in [5, 5.41) is 5.50. The maximum absolute atomic E-state index is 13.1. The molecule has 0 bridgehead atoms. The third-order valence-electron chi connectivity index (χ3n) is 5.92. The number of benzene rings is 1. The van der Waals surface area contributed by atoms with Gasteiger partial charge >= 0.3 is 0 Å². The summed E-state index contributed by atoms with van der Waals surface area (Å²) >= 11 is 0. The van der Waals surface area contributed by atoms with E-state index in [-0.39, 0.29) is 41.9 Å². The maximum Gasteiger partial charge on any atom is 0.257 e. The van der Waals surface area contributed by atoms with Crippen LogP contribution in [0, 0.1) is 5.92 Å². The highest BCUT2D eigenvalue weighted by atomic mass is 16.5. The van der Waals surface area contributed by atoms with Crippen molar-refractivity contribution in [2.45, 2.75) is 50.4 Å². The van der Waals surface area contributed by atoms with Crippen molar-refractivity contribution < 1.29 is 23.9 Å². The van der Waals surface area contributed by atoms with Gasteiger partial charge in [-0.2, -0.15) is 0 Å². The molecule has 3 amide bonds. The standard InChI is InChI=1S/C21H27N3O5/c1-22-19(25)10-14-6-7-16-18(29-14)11-28-17-8-5-13(23-20(26)12-3-4-12)9-15(17)21(27)24(16)2/h5,8-9,12,14,16,18H,3-4,6-7,10-11H2,1-2H3,(H,22,25)(H,23,26)/t14-,16-,18-/m0/s1. The lowest BCUT2D eigenvalue weighted by Gasteiger charge is -2.42. The van der Waals surface area contributed by atoms with E-state index < -0.39 is 0 Å². The lowest BCUT2D eigenvalue weighted by molar-refractivity contribution is -0.133. The Labute approximate surface area is 169 Å². The van der Waals surface area contributed by atoms with Crippen molar-refractivity contribution in [3.8, 4) is 5.75 Å². The Kier molecular flexibility index (Phi) is 5.45. The summed E-state index contributed by atoms with van der Waals surface area (Å²) in [7, 11) is 3.38. The molecule has 8 nitrogen and oxygen atoms in total. The van der Waals surface area contributed by atoms with Crippen LogP contribution >= 0.6 is 0 Å². The van der Waals surface area contributed by atoms with Gasteiger partial charge in [-0.3, -0.25) is 14.4 Å². The smallest absolute Gasteiger partial charge is 0.257 e. The minimum atomic E-state index is -0.297. The van der Waals surface area contributed by atoms with Crippen LogP contribution in [-0.2, 0) is 14.3 Å². The predicted molar refractivity (Wildman–Crippen MR) is 106 cm³/mol. The molecule has 0 aromatic heterocycles. The van der Waals surface area contributed by atoms with Crippen LogP contribution in [0.2, 0.25) is 0 Å². The van der Waals surface area contributed by atoms with Gasteiger partial charge in [-0.25, -0.2) is 0 Å². The summed E-state index contributed by atoms with van der Waals surface area (Å²) in [6.45, 7) is 0.299. The van der Waals surface area contributed by atoms with Crippen molar-refractivity contribution in [2.75, 3.05) is 26.0 Å². The van der Waals surface area contributed by atoms with Gasteiger partial charge in [0.1, 0.15) is 18.5 Å². The molecule has 2 N–H and O–H groups in total. The van der Waals surface area contributed by atoms with E-state index in [9.17, 15) is 14.4 Å². The molecule has 0 spiro atoms. The Bertz CT molecular complexity index is 823. The second-order valence-electron chi connectivity index (χ2n) is 8.02. The van der Waals surface area contributed by atoms with Gasteiger partial charge in [0, 0.05) is 25.7 Å². The Balaban J connectivity index is 1.51. The molecule has 2 heterocycles. The first-order chi connectivity index (χ1) is 14.0. The van der Waals surface area contributed by atoms with Crippen molar-refractivity contribution in [3.05, 3.63) is 23.8 Å². The summed E-state index contributed by atoms with van der Waals surface area (Å²) in [6.07, 6.45) is 3.12. The van der Waals surface area contributed by atoms with Crippen molar-refractivity contribution in [1.82, 2.24) is 10.2 Å². The first-order valence-corrected chi connectivity index (χ1v) is 10.2. The topological polar surface area (TPSA) is 97.0 Å². The summed E-state index contributed by atoms with van der Waals surface area (Å²) < 4.78 is 12.0. The second kappa shape index (κ2) is 8.02. The molecular formula is C21H27N3O5. The number of rotatable bonds is 4. The van der Waals surface area contributed by atoms with Gasteiger partial charge in [0.25, 0.3) is 5.91 Å². The molecular weight excluding hydrogens is 374 g/mol. The molecule has 2 aliphatic heterocycles. The minimum Gasteiger partial charge on any atom is -0.490 e. The monoisotopic (exact) mass is 401 g/mol. The molecule has 0 radical (unpaired) electrons. The van der Waals surface area contributed by atoms with Crippen molar-refractivity contribution in [1.29, 1.82) is 0 Å². The highest BCUT2D eigenvalue weighted by Gasteiger charge is 2.39. The third-order valence-corrected chi connectivity index (χ3v) is 5.92. The van der Waals surface area contributed by atoms with E-state index in [1.165, 1.54) is 0 Å². The average molecular weight is 401 g/mol. The lowest BCUT2D eigenvalue weighted by atomic mass is 9.94. The molecule has 1 aromatic rings. The van der Waals surface area contributed by atoms with Crippen molar-refractivity contribution in [2.24, 2.45) is 5.92 Å². The van der Waals surface area contributed by atoms with Crippen LogP contribution in [0.3, 0.4) is 0 Å². The zero-order valence-electron chi connectivity index (χ0n) is 16.8. The number of nitrogens with one attached hydrogen (secondary N) is 2. The van der Waals surface area contributed by atoms with Crippen LogP contribution in [0.15, 0.2) is 18.2 Å². The van der Waals surface area contributed by atoms with Crippen molar-refractivity contribution in [3.63, 3.8) is 0 Å². The van der Waals surface area contributed by atoms with E-state index in [4.69, 9.17) is 9.47 Å². The van der Waals surface area contributed by atoms with Gasteiger partial charge in [0.2, 0.25) is 11.8 Å². The molecule has 1 saturated carbocycles. The van der Waals surface area contributed by atoms with Crippen LogP contribution in [-0.4, -0.2) is 61.6 Å². The van der Waals surface area contributed by atoms with E-state index >= 15 is 0 Å². The van der Waals surface area contributed by atoms with Crippen LogP contribution in [0.5, 0.6) is 5.75 Å². The fourth-order valence-corrected chi connectivity index (χ4v) is 4.00. The molecule has 0 unspecified atom stereocenters. The van der Waals surface area contributed by atoms with Gasteiger partial charge in [0.15, 0.2) is 0 Å². The number of carbonyl (C=O) groups is 3. The maximum atomic E-state index is 13.1. The first-order valence-electron chi connectivity index (χ1n) is 10.2. The number of hydrogen-bond acceptors (Lipinski definition) is 5. The molecule has 1 aromatic carbocycles. The first kappa shape index (κ1) is 19.7. The SMILES string of the molecule is CNC(=O)C[C@@H]1CC[C@H]2[C@H](COc3ccc(NC(=O)C4CC4)cc3C(=O)N2C)O1. The minimum absolute atomic E-state index is 0.000388. The molecule has 1 aliphatic carbocycles. The van der Waals surface area contributed by atoms with Gasteiger partial charge in [-0.1, -0.05) is 0 Å². The zero-order chi connectivity index (χ0) is 20.5. The van der Waals surface area contributed by atoms with E-state index in [0.29, 0.717) is 36.4 Å². The Morgan fingerprint density at radius 2 is 2.00 bits per heavy atom. The van der Waals surface area contributed by atoms with E-state index in [2.05, 4.69) is 10.6 Å². The molecule has 8 heteroatoms. The van der Waals surface area contributed by atoms with E-state index in [1.807, 2.05) is 0 Å². The Morgan fingerprint density at radius 3 is 2.72 bits per heavy atom. The summed E-state index contributed by atoms with van der Waals surface area (Å²) in [6, 6.07) is 5.03. The van der Waals surface area contributed by atoms with Gasteiger partial charge < -0.3 is 25.0 Å². The highest BCUT2D eigenvalue weighted by Crippen LogP contribution is 2.34. The molecule has 3 aliphatic rings. The van der Waals surface area contributed by atoms with Crippen LogP contribution in [0.25, 0.3) is 0 Å². The van der Waals surface area contributed by atoms with Crippen molar-refractivity contribution >= 4 is 23.4 Å². The van der Waals surface area contributed by atoms with Gasteiger partial charge in [0.05, 0.1) is 24.1 Å². The Hall–Kier alpha value is -2.61. The number of nitrogens with zero attached hydrogens (tertiary/aromatic N) is 1. The zero-order valence-corrected chi connectivity index (χ0v) is 16.8. The van der Waals surface area contributed by atoms with Crippen LogP contribution in [0.1, 0.15) is 42.5 Å². The number of likely N-dealkylation sites (N-methyl/N-ethyl adjacent to an activating group) is 1. The molecule has 3 atom stereocenters. The van der Waals surface area contributed by atoms with Gasteiger partial charge in [-0.15, -0.1) is 0 Å². The predicted octanol–water partition coefficient (Wildman–Crippen LogP) is 1.55. The molecule has 2 fully saturated rings. The number of anilines is 1. The largest absolute Gasteiger partial charge is 0.490 e. The van der Waals surface area contributed by atoms with E-state index in [0.717, 1.165) is 19.3 Å². The molecule has 29 heavy (non-hydrogen) atoms. The fourth-order valence-electron chi connectivity index (χ4n) is 4.00. The molecule has 4 rings (SSSR count). The van der Waals surface area contributed by atoms with E-state index in [1.54, 1.807) is 37.2 Å².